The molecule has 0 N–H and O–H groups in total. The first kappa shape index (κ1) is 20.7. The molecule has 138 valence electrons. The summed E-state index contributed by atoms with van der Waals surface area (Å²) in [4.78, 5) is 20.0. The predicted molar refractivity (Wildman–Crippen MR) is 106 cm³/mol. The maximum absolute atomic E-state index is 11.4. The third kappa shape index (κ3) is 6.61. The number of anilines is 1. The van der Waals surface area contributed by atoms with Crippen molar-refractivity contribution < 1.29 is 9.53 Å². The molecule has 0 radical (unpaired) electrons. The molecule has 5 heteroatoms. The minimum Gasteiger partial charge on any atom is -0.422 e. The fourth-order valence-electron chi connectivity index (χ4n) is 2.29. The molecule has 1 aromatic carbocycles. The van der Waals surface area contributed by atoms with Crippen molar-refractivity contribution in [3.63, 3.8) is 0 Å². The average Bonchev–Trinajstić information content (AvgIpc) is 2.61. The number of aldehydes is 1. The molecule has 0 saturated carbocycles. The third-order valence-corrected chi connectivity index (χ3v) is 3.83. The number of aliphatic imine (C=N–C) groups is 1. The summed E-state index contributed by atoms with van der Waals surface area (Å²) >= 11 is 0. The maximum Gasteiger partial charge on any atom is 0.292 e. The van der Waals surface area contributed by atoms with Crippen molar-refractivity contribution in [1.29, 1.82) is 0 Å². The van der Waals surface area contributed by atoms with Crippen LogP contribution in [0.2, 0.25) is 0 Å². The molecule has 5 nitrogen and oxygen atoms in total. The summed E-state index contributed by atoms with van der Waals surface area (Å²) in [6.07, 6.45) is 2.45. The molecule has 0 heterocycles. The minimum absolute atomic E-state index is 0.0882. The first-order chi connectivity index (χ1) is 11.9. The van der Waals surface area contributed by atoms with Crippen LogP contribution in [0, 0.1) is 0 Å². The second kappa shape index (κ2) is 10.5. The monoisotopic (exact) mass is 345 g/mol. The number of amidine groups is 1. The topological polar surface area (TPSA) is 45.1 Å². The molecule has 0 amide bonds. The normalized spacial score (nSPS) is 12.3. The second-order valence-corrected chi connectivity index (χ2v) is 6.05. The van der Waals surface area contributed by atoms with Gasteiger partial charge in [0, 0.05) is 38.4 Å². The molecule has 0 atom stereocenters. The largest absolute Gasteiger partial charge is 0.422 e. The Hall–Kier alpha value is -2.30. The Balaban J connectivity index is 3.00. The van der Waals surface area contributed by atoms with Gasteiger partial charge in [-0.15, -0.1) is 0 Å². The van der Waals surface area contributed by atoms with E-state index in [1.54, 1.807) is 6.08 Å². The number of rotatable bonds is 8. The molecule has 0 bridgehead atoms. The molecule has 1 rings (SSSR count). The Morgan fingerprint density at radius 2 is 1.72 bits per heavy atom. The van der Waals surface area contributed by atoms with Crippen LogP contribution in [0.3, 0.4) is 0 Å². The molecule has 0 aromatic heterocycles. The quantitative estimate of drug-likeness (QED) is 0.236. The van der Waals surface area contributed by atoms with Crippen LogP contribution in [0.15, 0.2) is 35.0 Å². The van der Waals surface area contributed by atoms with E-state index in [1.165, 1.54) is 5.69 Å². The molecule has 0 aliphatic heterocycles. The smallest absolute Gasteiger partial charge is 0.292 e. The molecule has 0 saturated heterocycles. The summed E-state index contributed by atoms with van der Waals surface area (Å²) in [5.74, 6) is 0.246. The zero-order chi connectivity index (χ0) is 18.8. The molecule has 0 unspecified atom stereocenters. The zero-order valence-corrected chi connectivity index (χ0v) is 16.3. The Morgan fingerprint density at radius 3 is 2.16 bits per heavy atom. The van der Waals surface area contributed by atoms with E-state index in [1.807, 2.05) is 44.9 Å². The van der Waals surface area contributed by atoms with Gasteiger partial charge in [0.15, 0.2) is 12.0 Å². The van der Waals surface area contributed by atoms with Crippen molar-refractivity contribution in [1.82, 2.24) is 4.90 Å². The van der Waals surface area contributed by atoms with Crippen LogP contribution >= 0.6 is 0 Å². The fraction of sp³-hybridized carbons (Fsp3) is 0.500. The molecule has 0 spiro atoms. The van der Waals surface area contributed by atoms with Gasteiger partial charge in [-0.25, -0.2) is 4.99 Å². The number of nitrogens with zero attached hydrogens (tertiary/aromatic N) is 3. The van der Waals surface area contributed by atoms with E-state index in [0.717, 1.165) is 31.5 Å². The van der Waals surface area contributed by atoms with Gasteiger partial charge in [0.2, 0.25) is 0 Å². The van der Waals surface area contributed by atoms with E-state index < -0.39 is 0 Å². The van der Waals surface area contributed by atoms with E-state index in [9.17, 15) is 4.79 Å². The highest BCUT2D eigenvalue weighted by Gasteiger charge is 2.10. The van der Waals surface area contributed by atoms with Gasteiger partial charge in [0.1, 0.15) is 0 Å². The molecule has 0 aliphatic carbocycles. The summed E-state index contributed by atoms with van der Waals surface area (Å²) in [6, 6.07) is 8.64. The van der Waals surface area contributed by atoms with Crippen LogP contribution in [0.4, 0.5) is 5.69 Å². The van der Waals surface area contributed by atoms with E-state index in [-0.39, 0.29) is 11.8 Å². The number of benzene rings is 1. The van der Waals surface area contributed by atoms with Crippen molar-refractivity contribution in [2.24, 2.45) is 4.99 Å². The zero-order valence-electron chi connectivity index (χ0n) is 16.3. The predicted octanol–water partition coefficient (Wildman–Crippen LogP) is 3.81. The molecule has 1 aromatic rings. The van der Waals surface area contributed by atoms with Crippen LogP contribution in [0.25, 0.3) is 6.08 Å². The first-order valence-corrected chi connectivity index (χ1v) is 8.93. The van der Waals surface area contributed by atoms with Crippen LogP contribution < -0.4 is 4.90 Å². The number of ether oxygens (including phenoxy) is 1. The minimum atomic E-state index is 0.0882. The lowest BCUT2D eigenvalue weighted by Gasteiger charge is -2.21. The van der Waals surface area contributed by atoms with E-state index >= 15 is 0 Å². The lowest BCUT2D eigenvalue weighted by atomic mass is 10.1. The second-order valence-electron chi connectivity index (χ2n) is 6.05. The number of allylic oxidation sites excluding steroid dienone is 1. The van der Waals surface area contributed by atoms with Gasteiger partial charge in [-0.2, -0.15) is 0 Å². The Bertz CT molecular complexity index is 587. The van der Waals surface area contributed by atoms with Gasteiger partial charge >= 0.3 is 0 Å². The third-order valence-electron chi connectivity index (χ3n) is 3.83. The van der Waals surface area contributed by atoms with Crippen molar-refractivity contribution >= 4 is 24.1 Å². The number of carbonyl (C=O) groups is 1. The highest BCUT2D eigenvalue weighted by molar-refractivity contribution is 5.85. The Kier molecular flexibility index (Phi) is 8.75. The highest BCUT2D eigenvalue weighted by atomic mass is 16.5. The van der Waals surface area contributed by atoms with Crippen LogP contribution in [0.5, 0.6) is 0 Å². The number of carbonyl (C=O) groups excluding carboxylic acids is 1. The summed E-state index contributed by atoms with van der Waals surface area (Å²) in [7, 11) is 1.89. The van der Waals surface area contributed by atoms with E-state index in [0.29, 0.717) is 6.02 Å². The summed E-state index contributed by atoms with van der Waals surface area (Å²) in [5, 5.41) is 0. The SMILES string of the molecule is CCN(C)C(=NC(C)C)O/C(C=O)=C/c1ccc(N(CC)CC)cc1. The number of hydrogen-bond donors (Lipinski definition) is 0. The van der Waals surface area contributed by atoms with Crippen molar-refractivity contribution in [3.05, 3.63) is 35.6 Å². The first-order valence-electron chi connectivity index (χ1n) is 8.93. The Morgan fingerprint density at radius 1 is 1.12 bits per heavy atom. The van der Waals surface area contributed by atoms with Gasteiger partial charge in [0.25, 0.3) is 6.02 Å². The van der Waals surface area contributed by atoms with Gasteiger partial charge in [-0.3, -0.25) is 4.79 Å². The lowest BCUT2D eigenvalue weighted by Crippen LogP contribution is -2.29. The molecule has 0 fully saturated rings. The lowest BCUT2D eigenvalue weighted by molar-refractivity contribution is -0.106. The van der Waals surface area contributed by atoms with Crippen LogP contribution in [0.1, 0.15) is 40.2 Å². The molecular weight excluding hydrogens is 314 g/mol. The Labute approximate surface area is 152 Å². The van der Waals surface area contributed by atoms with Gasteiger partial charge in [0.05, 0.1) is 0 Å². The molecule has 0 aliphatic rings. The summed E-state index contributed by atoms with van der Waals surface area (Å²) < 4.78 is 5.75. The summed E-state index contributed by atoms with van der Waals surface area (Å²) in [5.41, 5.74) is 2.09. The van der Waals surface area contributed by atoms with Gasteiger partial charge < -0.3 is 14.5 Å². The van der Waals surface area contributed by atoms with Crippen LogP contribution in [-0.4, -0.2) is 49.9 Å². The number of hydrogen-bond acceptors (Lipinski definition) is 4. The molecule has 25 heavy (non-hydrogen) atoms. The van der Waals surface area contributed by atoms with Crippen LogP contribution in [-0.2, 0) is 9.53 Å². The maximum atomic E-state index is 11.4. The van der Waals surface area contributed by atoms with E-state index in [4.69, 9.17) is 4.74 Å². The van der Waals surface area contributed by atoms with Crippen molar-refractivity contribution in [2.75, 3.05) is 31.6 Å². The van der Waals surface area contributed by atoms with Gasteiger partial charge in [-0.1, -0.05) is 12.1 Å². The highest BCUT2D eigenvalue weighted by Crippen LogP contribution is 2.17. The van der Waals surface area contributed by atoms with Gasteiger partial charge in [-0.05, 0) is 58.4 Å². The molecular formula is C20H31N3O2. The average molecular weight is 345 g/mol. The fourth-order valence-corrected chi connectivity index (χ4v) is 2.29. The standard InChI is InChI=1S/C20H31N3O2/c1-7-22(6)20(21-16(4)5)25-19(15-24)14-17-10-12-18(13-11-17)23(8-2)9-3/h10-16H,7-9H2,1-6H3/b19-14+,21-20?. The van der Waals surface area contributed by atoms with Crippen molar-refractivity contribution in [3.8, 4) is 0 Å². The van der Waals surface area contributed by atoms with Crippen molar-refractivity contribution in [2.45, 2.75) is 40.7 Å². The van der Waals surface area contributed by atoms with E-state index in [2.05, 4.69) is 35.9 Å². The summed E-state index contributed by atoms with van der Waals surface area (Å²) in [6.45, 7) is 12.9.